The van der Waals surface area contributed by atoms with Gasteiger partial charge in [-0.15, -0.1) is 0 Å². The second kappa shape index (κ2) is 6.04. The average molecular weight is 313 g/mol. The van der Waals surface area contributed by atoms with Crippen molar-refractivity contribution >= 4 is 15.9 Å². The van der Waals surface area contributed by atoms with Crippen LogP contribution in [0.2, 0.25) is 0 Å². The summed E-state index contributed by atoms with van der Waals surface area (Å²) in [5.74, 6) is 0.373. The van der Waals surface area contributed by atoms with Crippen molar-refractivity contribution in [3.63, 3.8) is 0 Å². The Morgan fingerprint density at radius 3 is 2.67 bits per heavy atom. The highest BCUT2D eigenvalue weighted by atomic mass is 79.9. The Hall–Kier alpha value is -0.580. The maximum Gasteiger partial charge on any atom is 0.120 e. The van der Waals surface area contributed by atoms with Crippen LogP contribution in [0.4, 0.5) is 0 Å². The lowest BCUT2D eigenvalue weighted by Gasteiger charge is -2.33. The minimum absolute atomic E-state index is 0.373. The highest BCUT2D eigenvalue weighted by molar-refractivity contribution is 9.10. The monoisotopic (exact) mass is 312 g/mol. The lowest BCUT2D eigenvalue weighted by molar-refractivity contribution is 0.175. The molecule has 3 N–H and O–H groups in total. The summed E-state index contributed by atoms with van der Waals surface area (Å²) in [6.45, 7) is 0.783. The van der Waals surface area contributed by atoms with E-state index in [4.69, 9.17) is 5.73 Å². The standard InChI is InChI=1S/C14H21BrN2O/c1-17(13-5-3-12(16)4-6-13)9-10-8-11(15)2-7-14(10)18/h2,7-8,12-13,18H,3-6,9,16H2,1H3. The van der Waals surface area contributed by atoms with Gasteiger partial charge in [0.25, 0.3) is 0 Å². The lowest BCUT2D eigenvalue weighted by atomic mass is 9.91. The van der Waals surface area contributed by atoms with E-state index in [1.165, 1.54) is 0 Å². The molecule has 0 atom stereocenters. The average Bonchev–Trinajstić information content (AvgIpc) is 2.34. The van der Waals surface area contributed by atoms with Crippen LogP contribution in [-0.2, 0) is 6.54 Å². The van der Waals surface area contributed by atoms with Gasteiger partial charge in [-0.3, -0.25) is 4.90 Å². The molecular weight excluding hydrogens is 292 g/mol. The van der Waals surface area contributed by atoms with Crippen LogP contribution in [0.1, 0.15) is 31.2 Å². The molecule has 1 aromatic rings. The summed E-state index contributed by atoms with van der Waals surface area (Å²) in [6.07, 6.45) is 4.54. The van der Waals surface area contributed by atoms with E-state index in [9.17, 15) is 5.11 Å². The number of hydrogen-bond donors (Lipinski definition) is 2. The molecule has 0 spiro atoms. The molecule has 0 bridgehead atoms. The van der Waals surface area contributed by atoms with Crippen molar-refractivity contribution in [1.82, 2.24) is 4.90 Å². The van der Waals surface area contributed by atoms with Gasteiger partial charge in [0.05, 0.1) is 0 Å². The summed E-state index contributed by atoms with van der Waals surface area (Å²) in [5, 5.41) is 9.86. The lowest BCUT2D eigenvalue weighted by Crippen LogP contribution is -2.38. The van der Waals surface area contributed by atoms with E-state index < -0.39 is 0 Å². The van der Waals surface area contributed by atoms with E-state index in [2.05, 4.69) is 27.9 Å². The van der Waals surface area contributed by atoms with Crippen LogP contribution >= 0.6 is 15.9 Å². The van der Waals surface area contributed by atoms with Gasteiger partial charge in [0, 0.05) is 28.7 Å². The van der Waals surface area contributed by atoms with Gasteiger partial charge in [0.2, 0.25) is 0 Å². The quantitative estimate of drug-likeness (QED) is 0.902. The Balaban J connectivity index is 1.98. The predicted molar refractivity (Wildman–Crippen MR) is 77.5 cm³/mol. The van der Waals surface area contributed by atoms with Crippen molar-refractivity contribution in [2.45, 2.75) is 44.3 Å². The van der Waals surface area contributed by atoms with Crippen LogP contribution in [-0.4, -0.2) is 29.1 Å². The normalized spacial score (nSPS) is 24.4. The molecule has 1 saturated carbocycles. The van der Waals surface area contributed by atoms with E-state index in [0.29, 0.717) is 17.8 Å². The molecule has 2 rings (SSSR count). The van der Waals surface area contributed by atoms with Crippen LogP contribution in [0.5, 0.6) is 5.75 Å². The van der Waals surface area contributed by atoms with Crippen LogP contribution in [0.25, 0.3) is 0 Å². The summed E-state index contributed by atoms with van der Waals surface area (Å²) in [5.41, 5.74) is 6.90. The molecule has 0 aromatic heterocycles. The second-order valence-electron chi connectivity index (χ2n) is 5.26. The molecule has 0 radical (unpaired) electrons. The zero-order chi connectivity index (χ0) is 13.1. The molecule has 0 heterocycles. The topological polar surface area (TPSA) is 49.5 Å². The van der Waals surface area contributed by atoms with Crippen molar-refractivity contribution in [2.75, 3.05) is 7.05 Å². The molecule has 1 aliphatic carbocycles. The van der Waals surface area contributed by atoms with E-state index in [1.54, 1.807) is 6.07 Å². The van der Waals surface area contributed by atoms with Gasteiger partial charge < -0.3 is 10.8 Å². The van der Waals surface area contributed by atoms with Crippen LogP contribution in [0, 0.1) is 0 Å². The largest absolute Gasteiger partial charge is 0.508 e. The summed E-state index contributed by atoms with van der Waals surface area (Å²) in [4.78, 5) is 2.33. The molecule has 1 aliphatic rings. The molecule has 1 aromatic carbocycles. The van der Waals surface area contributed by atoms with E-state index in [-0.39, 0.29) is 0 Å². The third-order valence-corrected chi connectivity index (χ3v) is 4.32. The first-order chi connectivity index (χ1) is 8.56. The number of nitrogens with two attached hydrogens (primary N) is 1. The Morgan fingerprint density at radius 1 is 1.33 bits per heavy atom. The maximum absolute atomic E-state index is 9.86. The van der Waals surface area contributed by atoms with Gasteiger partial charge in [-0.2, -0.15) is 0 Å². The van der Waals surface area contributed by atoms with Gasteiger partial charge in [-0.05, 0) is 50.9 Å². The molecule has 1 fully saturated rings. The number of phenols is 1. The minimum Gasteiger partial charge on any atom is -0.508 e. The Labute approximate surface area is 117 Å². The molecule has 0 saturated heterocycles. The fraction of sp³-hybridized carbons (Fsp3) is 0.571. The maximum atomic E-state index is 9.86. The molecule has 4 heteroatoms. The highest BCUT2D eigenvalue weighted by Crippen LogP contribution is 2.26. The number of hydrogen-bond acceptors (Lipinski definition) is 3. The highest BCUT2D eigenvalue weighted by Gasteiger charge is 2.22. The zero-order valence-electron chi connectivity index (χ0n) is 10.8. The molecule has 0 unspecified atom stereocenters. The third-order valence-electron chi connectivity index (χ3n) is 3.83. The van der Waals surface area contributed by atoms with Crippen LogP contribution < -0.4 is 5.73 Å². The Bertz CT molecular complexity index is 403. The zero-order valence-corrected chi connectivity index (χ0v) is 12.4. The number of nitrogens with zero attached hydrogens (tertiary/aromatic N) is 1. The number of halogens is 1. The van der Waals surface area contributed by atoms with Crippen LogP contribution in [0.3, 0.4) is 0 Å². The predicted octanol–water partition coefficient (Wildman–Crippen LogP) is 2.86. The number of aromatic hydroxyl groups is 1. The molecule has 100 valence electrons. The Morgan fingerprint density at radius 2 is 2.00 bits per heavy atom. The van der Waals surface area contributed by atoms with Gasteiger partial charge in [0.15, 0.2) is 0 Å². The van der Waals surface area contributed by atoms with Crippen molar-refractivity contribution in [2.24, 2.45) is 5.73 Å². The number of benzene rings is 1. The van der Waals surface area contributed by atoms with E-state index in [0.717, 1.165) is 42.3 Å². The first kappa shape index (κ1) is 13.8. The SMILES string of the molecule is CN(Cc1cc(Br)ccc1O)C1CCC(N)CC1. The molecule has 18 heavy (non-hydrogen) atoms. The van der Waals surface area contributed by atoms with Gasteiger partial charge in [0.1, 0.15) is 5.75 Å². The third kappa shape index (κ3) is 3.46. The summed E-state index contributed by atoms with van der Waals surface area (Å²) >= 11 is 3.44. The van der Waals surface area contributed by atoms with Crippen molar-refractivity contribution in [3.8, 4) is 5.75 Å². The number of rotatable bonds is 3. The Kier molecular flexibility index (Phi) is 4.65. The van der Waals surface area contributed by atoms with E-state index in [1.807, 2.05) is 12.1 Å². The first-order valence-electron chi connectivity index (χ1n) is 6.49. The summed E-state index contributed by atoms with van der Waals surface area (Å²) < 4.78 is 1.01. The van der Waals surface area contributed by atoms with Crippen molar-refractivity contribution < 1.29 is 5.11 Å². The summed E-state index contributed by atoms with van der Waals surface area (Å²) in [6, 6.07) is 6.56. The van der Waals surface area contributed by atoms with Gasteiger partial charge in [-0.1, -0.05) is 15.9 Å². The van der Waals surface area contributed by atoms with E-state index >= 15 is 0 Å². The number of phenolic OH excluding ortho intramolecular Hbond substituents is 1. The fourth-order valence-electron chi connectivity index (χ4n) is 2.62. The fourth-order valence-corrected chi connectivity index (χ4v) is 3.03. The molecular formula is C14H21BrN2O. The first-order valence-corrected chi connectivity index (χ1v) is 7.29. The van der Waals surface area contributed by atoms with Crippen molar-refractivity contribution in [3.05, 3.63) is 28.2 Å². The van der Waals surface area contributed by atoms with Gasteiger partial charge >= 0.3 is 0 Å². The molecule has 0 aliphatic heterocycles. The summed E-state index contributed by atoms with van der Waals surface area (Å²) in [7, 11) is 2.13. The van der Waals surface area contributed by atoms with Crippen molar-refractivity contribution in [1.29, 1.82) is 0 Å². The van der Waals surface area contributed by atoms with Gasteiger partial charge in [-0.25, -0.2) is 0 Å². The molecule has 3 nitrogen and oxygen atoms in total. The second-order valence-corrected chi connectivity index (χ2v) is 6.17. The molecule has 0 amide bonds. The minimum atomic E-state index is 0.373. The smallest absolute Gasteiger partial charge is 0.120 e. The van der Waals surface area contributed by atoms with Crippen LogP contribution in [0.15, 0.2) is 22.7 Å².